The summed E-state index contributed by atoms with van der Waals surface area (Å²) in [6.45, 7) is 0. The molecule has 1 atom stereocenters. The predicted molar refractivity (Wildman–Crippen MR) is 78.3 cm³/mol. The largest absolute Gasteiger partial charge is 0.504 e. The molecular weight excluding hydrogens is 258 g/mol. The minimum Gasteiger partial charge on any atom is -0.504 e. The molecule has 0 fully saturated rings. The van der Waals surface area contributed by atoms with Gasteiger partial charge in [0.1, 0.15) is 0 Å². The topological polar surface area (TPSA) is 41.5 Å². The van der Waals surface area contributed by atoms with E-state index in [1.807, 2.05) is 17.4 Å². The molecule has 0 bridgehead atoms. The number of anilines is 1. The number of fused-ring (bicyclic) bond motifs is 1. The summed E-state index contributed by atoms with van der Waals surface area (Å²) in [7, 11) is 1.56. The Morgan fingerprint density at radius 3 is 3.05 bits per heavy atom. The van der Waals surface area contributed by atoms with Gasteiger partial charge in [0, 0.05) is 16.6 Å². The van der Waals surface area contributed by atoms with Crippen molar-refractivity contribution in [2.75, 3.05) is 12.4 Å². The van der Waals surface area contributed by atoms with Crippen molar-refractivity contribution in [3.63, 3.8) is 0 Å². The van der Waals surface area contributed by atoms with Crippen molar-refractivity contribution in [3.05, 3.63) is 40.1 Å². The first kappa shape index (κ1) is 12.4. The molecule has 1 unspecified atom stereocenters. The first-order valence-corrected chi connectivity index (χ1v) is 7.35. The molecule has 0 saturated heterocycles. The molecule has 0 saturated carbocycles. The van der Waals surface area contributed by atoms with Gasteiger partial charge in [-0.3, -0.25) is 0 Å². The van der Waals surface area contributed by atoms with Crippen LogP contribution in [0.25, 0.3) is 0 Å². The van der Waals surface area contributed by atoms with E-state index in [0.717, 1.165) is 12.1 Å². The zero-order valence-corrected chi connectivity index (χ0v) is 11.7. The van der Waals surface area contributed by atoms with E-state index in [9.17, 15) is 5.11 Å². The molecule has 0 radical (unpaired) electrons. The van der Waals surface area contributed by atoms with Gasteiger partial charge in [-0.2, -0.15) is 0 Å². The molecule has 2 N–H and O–H groups in total. The van der Waals surface area contributed by atoms with Gasteiger partial charge >= 0.3 is 0 Å². The first-order valence-electron chi connectivity index (χ1n) is 6.47. The predicted octanol–water partition coefficient (Wildman–Crippen LogP) is 3.95. The van der Waals surface area contributed by atoms with E-state index in [-0.39, 0.29) is 5.75 Å². The maximum atomic E-state index is 9.81. The van der Waals surface area contributed by atoms with Crippen molar-refractivity contribution in [1.82, 2.24) is 0 Å². The number of aromatic hydroxyl groups is 1. The van der Waals surface area contributed by atoms with E-state index < -0.39 is 0 Å². The van der Waals surface area contributed by atoms with E-state index in [4.69, 9.17) is 4.74 Å². The lowest BCUT2D eigenvalue weighted by atomic mass is 9.94. The molecule has 19 heavy (non-hydrogen) atoms. The number of nitrogens with one attached hydrogen (secondary N) is 1. The third-order valence-electron chi connectivity index (χ3n) is 3.57. The van der Waals surface area contributed by atoms with Crippen LogP contribution in [0.3, 0.4) is 0 Å². The normalized spacial score (nSPS) is 17.8. The van der Waals surface area contributed by atoms with Gasteiger partial charge in [-0.1, -0.05) is 0 Å². The monoisotopic (exact) mass is 275 g/mol. The van der Waals surface area contributed by atoms with Crippen molar-refractivity contribution < 1.29 is 9.84 Å². The molecular formula is C15H17NO2S. The van der Waals surface area contributed by atoms with Gasteiger partial charge in [0.2, 0.25) is 0 Å². The van der Waals surface area contributed by atoms with Crippen LogP contribution < -0.4 is 10.1 Å². The zero-order valence-electron chi connectivity index (χ0n) is 10.8. The van der Waals surface area contributed by atoms with E-state index >= 15 is 0 Å². The van der Waals surface area contributed by atoms with Crippen LogP contribution in [-0.2, 0) is 6.42 Å². The maximum Gasteiger partial charge on any atom is 0.160 e. The summed E-state index contributed by atoms with van der Waals surface area (Å²) >= 11 is 1.84. The Morgan fingerprint density at radius 1 is 1.37 bits per heavy atom. The molecule has 1 aliphatic rings. The Balaban J connectivity index is 1.81. The van der Waals surface area contributed by atoms with Crippen molar-refractivity contribution in [2.45, 2.75) is 25.3 Å². The summed E-state index contributed by atoms with van der Waals surface area (Å²) in [5.41, 5.74) is 2.34. The number of benzene rings is 1. The van der Waals surface area contributed by atoms with Crippen molar-refractivity contribution >= 4 is 17.0 Å². The highest BCUT2D eigenvalue weighted by atomic mass is 32.1. The van der Waals surface area contributed by atoms with Gasteiger partial charge < -0.3 is 15.2 Å². The minimum absolute atomic E-state index is 0.175. The van der Waals surface area contributed by atoms with Crippen LogP contribution in [0, 0.1) is 0 Å². The van der Waals surface area contributed by atoms with E-state index in [1.54, 1.807) is 19.2 Å². The number of phenolic OH excluding ortho intramolecular Hbond substituents is 1. The first-order chi connectivity index (χ1) is 9.28. The Kier molecular flexibility index (Phi) is 3.34. The quantitative estimate of drug-likeness (QED) is 0.891. The third kappa shape index (κ3) is 2.40. The van der Waals surface area contributed by atoms with Crippen LogP contribution in [0.5, 0.6) is 11.5 Å². The summed E-state index contributed by atoms with van der Waals surface area (Å²) in [6.07, 6.45) is 3.54. The molecule has 100 valence electrons. The van der Waals surface area contributed by atoms with Gasteiger partial charge in [-0.05, 0) is 48.4 Å². The van der Waals surface area contributed by atoms with Crippen LogP contribution in [-0.4, -0.2) is 12.2 Å². The lowest BCUT2D eigenvalue weighted by Crippen LogP contribution is -2.15. The summed E-state index contributed by atoms with van der Waals surface area (Å²) in [6, 6.07) is 8.01. The van der Waals surface area contributed by atoms with Crippen molar-refractivity contribution in [2.24, 2.45) is 0 Å². The fraction of sp³-hybridized carbons (Fsp3) is 0.333. The van der Waals surface area contributed by atoms with Gasteiger partial charge in [0.05, 0.1) is 13.2 Å². The number of hydrogen-bond acceptors (Lipinski definition) is 4. The smallest absolute Gasteiger partial charge is 0.160 e. The van der Waals surface area contributed by atoms with Crippen molar-refractivity contribution in [1.29, 1.82) is 0 Å². The van der Waals surface area contributed by atoms with E-state index in [2.05, 4.69) is 16.8 Å². The number of rotatable bonds is 3. The van der Waals surface area contributed by atoms with Crippen LogP contribution in [0.1, 0.15) is 29.3 Å². The summed E-state index contributed by atoms with van der Waals surface area (Å²) < 4.78 is 5.06. The van der Waals surface area contributed by atoms with Crippen LogP contribution >= 0.6 is 11.3 Å². The molecule has 0 aliphatic heterocycles. The Hall–Kier alpha value is -1.68. The molecule has 3 rings (SSSR count). The summed E-state index contributed by atoms with van der Waals surface area (Å²) in [5.74, 6) is 0.680. The highest BCUT2D eigenvalue weighted by Crippen LogP contribution is 2.37. The Bertz CT molecular complexity index is 579. The average Bonchev–Trinajstić information content (AvgIpc) is 2.88. The zero-order chi connectivity index (χ0) is 13.2. The molecule has 1 aliphatic carbocycles. The minimum atomic E-state index is 0.175. The fourth-order valence-electron chi connectivity index (χ4n) is 2.62. The molecule has 1 aromatic carbocycles. The number of hydrogen-bond donors (Lipinski definition) is 2. The standard InChI is InChI=1S/C15H17NO2S/c1-18-14-6-5-10(9-13(14)17)16-12-3-2-4-15-11(12)7-8-19-15/h5-9,12,16-17H,2-4H2,1H3. The second-order valence-corrected chi connectivity index (χ2v) is 5.78. The maximum absolute atomic E-state index is 9.81. The van der Waals surface area contributed by atoms with Crippen molar-refractivity contribution in [3.8, 4) is 11.5 Å². The molecule has 1 aromatic heterocycles. The molecule has 3 nitrogen and oxygen atoms in total. The van der Waals surface area contributed by atoms with Gasteiger partial charge in [0.25, 0.3) is 0 Å². The molecule has 2 aromatic rings. The number of aryl methyl sites for hydroxylation is 1. The third-order valence-corrected chi connectivity index (χ3v) is 4.57. The number of methoxy groups -OCH3 is 1. The van der Waals surface area contributed by atoms with E-state index in [1.165, 1.54) is 23.3 Å². The Morgan fingerprint density at radius 2 is 2.26 bits per heavy atom. The number of thiophene rings is 1. The summed E-state index contributed by atoms with van der Waals surface area (Å²) in [4.78, 5) is 1.49. The molecule has 0 amide bonds. The number of phenols is 1. The Labute approximate surface area is 116 Å². The van der Waals surface area contributed by atoms with Crippen LogP contribution in [0.4, 0.5) is 5.69 Å². The highest BCUT2D eigenvalue weighted by Gasteiger charge is 2.21. The molecule has 0 spiro atoms. The molecule has 4 heteroatoms. The van der Waals surface area contributed by atoms with Gasteiger partial charge in [-0.15, -0.1) is 11.3 Å². The summed E-state index contributed by atoms with van der Waals surface area (Å²) in [5, 5.41) is 15.5. The van der Waals surface area contributed by atoms with E-state index in [0.29, 0.717) is 11.8 Å². The van der Waals surface area contributed by atoms with Crippen LogP contribution in [0.15, 0.2) is 29.6 Å². The van der Waals surface area contributed by atoms with Crippen LogP contribution in [0.2, 0.25) is 0 Å². The second kappa shape index (κ2) is 5.13. The number of ether oxygens (including phenoxy) is 1. The fourth-order valence-corrected chi connectivity index (χ4v) is 3.60. The molecule has 1 heterocycles. The SMILES string of the molecule is COc1ccc(NC2CCCc3sccc32)cc1O. The van der Waals surface area contributed by atoms with Gasteiger partial charge in [0.15, 0.2) is 11.5 Å². The highest BCUT2D eigenvalue weighted by molar-refractivity contribution is 7.10. The second-order valence-electron chi connectivity index (χ2n) is 4.77. The lowest BCUT2D eigenvalue weighted by Gasteiger charge is -2.25. The van der Waals surface area contributed by atoms with Gasteiger partial charge in [-0.25, -0.2) is 0 Å². The lowest BCUT2D eigenvalue weighted by molar-refractivity contribution is 0.373. The average molecular weight is 275 g/mol.